The normalized spacial score (nSPS) is 11.9. The minimum atomic E-state index is 0.00801. The minimum absolute atomic E-state index is 0.00801. The lowest BCUT2D eigenvalue weighted by Gasteiger charge is -2.05. The van der Waals surface area contributed by atoms with Crippen molar-refractivity contribution in [3.8, 4) is 0 Å². The van der Waals surface area contributed by atoms with Crippen LogP contribution >= 0.6 is 11.6 Å². The van der Waals surface area contributed by atoms with Crippen LogP contribution in [-0.4, -0.2) is 24.8 Å². The zero-order chi connectivity index (χ0) is 12.8. The predicted molar refractivity (Wildman–Crippen MR) is 72.9 cm³/mol. The molecule has 0 unspecified atom stereocenters. The van der Waals surface area contributed by atoms with Crippen LogP contribution < -0.4 is 0 Å². The van der Waals surface area contributed by atoms with Crippen LogP contribution in [0.5, 0.6) is 0 Å². The molecular formula is C14H16ClNO. The largest absolute Gasteiger partial charge is 0.383 e. The molecule has 0 amide bonds. The van der Waals surface area contributed by atoms with Gasteiger partial charge in [-0.25, -0.2) is 0 Å². The van der Waals surface area contributed by atoms with E-state index in [1.807, 2.05) is 31.1 Å². The molecule has 0 heterocycles. The van der Waals surface area contributed by atoms with Crippen LogP contribution in [-0.2, 0) is 4.79 Å². The van der Waals surface area contributed by atoms with Crippen molar-refractivity contribution in [2.75, 3.05) is 14.1 Å². The number of rotatable bonds is 4. The SMILES string of the molecule is CC(=CN(C)C)C(=O)C=Cc1ccc(Cl)cc1. The number of nitrogens with zero attached hydrogens (tertiary/aromatic N) is 1. The maximum absolute atomic E-state index is 11.7. The second-order valence-corrected chi connectivity index (χ2v) is 4.46. The number of hydrogen-bond acceptors (Lipinski definition) is 2. The van der Waals surface area contributed by atoms with Gasteiger partial charge in [-0.1, -0.05) is 29.8 Å². The van der Waals surface area contributed by atoms with E-state index in [2.05, 4.69) is 0 Å². The van der Waals surface area contributed by atoms with Gasteiger partial charge in [0.05, 0.1) is 0 Å². The van der Waals surface area contributed by atoms with E-state index < -0.39 is 0 Å². The lowest BCUT2D eigenvalue weighted by Crippen LogP contribution is -2.05. The molecule has 1 aromatic carbocycles. The van der Waals surface area contributed by atoms with Crippen molar-refractivity contribution < 1.29 is 4.79 Å². The van der Waals surface area contributed by atoms with E-state index in [0.717, 1.165) is 5.56 Å². The zero-order valence-electron chi connectivity index (χ0n) is 10.3. The summed E-state index contributed by atoms with van der Waals surface area (Å²) < 4.78 is 0. The summed E-state index contributed by atoms with van der Waals surface area (Å²) in [6.45, 7) is 1.80. The molecule has 1 aromatic rings. The van der Waals surface area contributed by atoms with Gasteiger partial charge in [-0.3, -0.25) is 4.79 Å². The number of halogens is 1. The van der Waals surface area contributed by atoms with Crippen molar-refractivity contribution >= 4 is 23.5 Å². The highest BCUT2D eigenvalue weighted by molar-refractivity contribution is 6.30. The molecule has 0 aromatic heterocycles. The first-order valence-electron chi connectivity index (χ1n) is 5.32. The van der Waals surface area contributed by atoms with Gasteiger partial charge in [0.2, 0.25) is 0 Å². The maximum Gasteiger partial charge on any atom is 0.182 e. The van der Waals surface area contributed by atoms with Gasteiger partial charge in [0.1, 0.15) is 0 Å². The van der Waals surface area contributed by atoms with E-state index in [-0.39, 0.29) is 5.78 Å². The van der Waals surface area contributed by atoms with E-state index >= 15 is 0 Å². The standard InChI is InChI=1S/C14H16ClNO/c1-11(10-16(2)3)14(17)9-6-12-4-7-13(15)8-5-12/h4-10H,1-3H3. The van der Waals surface area contributed by atoms with Gasteiger partial charge >= 0.3 is 0 Å². The average Bonchev–Trinajstić information content (AvgIpc) is 2.27. The lowest BCUT2D eigenvalue weighted by molar-refractivity contribution is -0.111. The molecule has 0 atom stereocenters. The molecule has 0 saturated carbocycles. The van der Waals surface area contributed by atoms with Gasteiger partial charge in [0.25, 0.3) is 0 Å². The molecule has 0 saturated heterocycles. The summed E-state index contributed by atoms with van der Waals surface area (Å²) in [5, 5.41) is 0.692. The number of hydrogen-bond donors (Lipinski definition) is 0. The maximum atomic E-state index is 11.7. The number of benzene rings is 1. The molecule has 0 radical (unpaired) electrons. The molecule has 0 spiro atoms. The Kier molecular flexibility index (Phi) is 4.98. The van der Waals surface area contributed by atoms with Gasteiger partial charge in [0.15, 0.2) is 5.78 Å². The fraction of sp³-hybridized carbons (Fsp3) is 0.214. The topological polar surface area (TPSA) is 20.3 Å². The van der Waals surface area contributed by atoms with Crippen LogP contribution in [0.25, 0.3) is 6.08 Å². The Hall–Kier alpha value is -1.54. The molecule has 0 aliphatic heterocycles. The number of carbonyl (C=O) groups is 1. The smallest absolute Gasteiger partial charge is 0.182 e. The highest BCUT2D eigenvalue weighted by Gasteiger charge is 1.99. The van der Waals surface area contributed by atoms with Gasteiger partial charge in [-0.2, -0.15) is 0 Å². The Morgan fingerprint density at radius 1 is 1.24 bits per heavy atom. The minimum Gasteiger partial charge on any atom is -0.383 e. The van der Waals surface area contributed by atoms with Crippen LogP contribution in [0, 0.1) is 0 Å². The molecule has 1 rings (SSSR count). The summed E-state index contributed by atoms with van der Waals surface area (Å²) in [6, 6.07) is 7.34. The monoisotopic (exact) mass is 249 g/mol. The fourth-order valence-electron chi connectivity index (χ4n) is 1.33. The molecule has 0 aliphatic carbocycles. The van der Waals surface area contributed by atoms with Gasteiger partial charge < -0.3 is 4.90 Å². The number of allylic oxidation sites excluding steroid dienone is 2. The van der Waals surface area contributed by atoms with E-state index in [0.29, 0.717) is 10.6 Å². The van der Waals surface area contributed by atoms with Crippen molar-refractivity contribution in [3.05, 3.63) is 52.7 Å². The molecule has 3 heteroatoms. The Morgan fingerprint density at radius 2 is 1.82 bits per heavy atom. The summed E-state index contributed by atoms with van der Waals surface area (Å²) in [5.74, 6) is 0.00801. The lowest BCUT2D eigenvalue weighted by atomic mass is 10.1. The predicted octanol–water partition coefficient (Wildman–Crippen LogP) is 3.39. The molecule has 0 aliphatic rings. The summed E-state index contributed by atoms with van der Waals surface area (Å²) in [4.78, 5) is 13.6. The Labute approximate surface area is 107 Å². The second kappa shape index (κ2) is 6.26. The molecule has 90 valence electrons. The Balaban J connectivity index is 2.71. The third-order valence-corrected chi connectivity index (χ3v) is 2.39. The van der Waals surface area contributed by atoms with Crippen LogP contribution in [0.4, 0.5) is 0 Å². The van der Waals surface area contributed by atoms with Crippen molar-refractivity contribution in [2.45, 2.75) is 6.92 Å². The average molecular weight is 250 g/mol. The van der Waals surface area contributed by atoms with Gasteiger partial charge in [-0.05, 0) is 30.7 Å². The van der Waals surface area contributed by atoms with Crippen LogP contribution in [0.15, 0.2) is 42.1 Å². The van der Waals surface area contributed by atoms with Crippen molar-refractivity contribution in [1.82, 2.24) is 4.90 Å². The molecule has 17 heavy (non-hydrogen) atoms. The molecule has 2 nitrogen and oxygen atoms in total. The summed E-state index contributed by atoms with van der Waals surface area (Å²) >= 11 is 5.78. The fourth-order valence-corrected chi connectivity index (χ4v) is 1.45. The number of ketones is 1. The van der Waals surface area contributed by atoms with Crippen molar-refractivity contribution in [3.63, 3.8) is 0 Å². The van der Waals surface area contributed by atoms with Crippen LogP contribution in [0.2, 0.25) is 5.02 Å². The molecule has 0 N–H and O–H groups in total. The van der Waals surface area contributed by atoms with Crippen molar-refractivity contribution in [1.29, 1.82) is 0 Å². The van der Waals surface area contributed by atoms with Gasteiger partial charge in [0, 0.05) is 30.9 Å². The first-order valence-corrected chi connectivity index (χ1v) is 5.69. The Bertz CT molecular complexity index is 444. The first-order chi connectivity index (χ1) is 7.99. The van der Waals surface area contributed by atoms with E-state index in [1.54, 1.807) is 37.4 Å². The van der Waals surface area contributed by atoms with Crippen LogP contribution in [0.3, 0.4) is 0 Å². The van der Waals surface area contributed by atoms with E-state index in [4.69, 9.17) is 11.6 Å². The highest BCUT2D eigenvalue weighted by atomic mass is 35.5. The quantitative estimate of drug-likeness (QED) is 0.763. The summed E-state index contributed by atoms with van der Waals surface area (Å²) in [7, 11) is 3.78. The van der Waals surface area contributed by atoms with E-state index in [1.165, 1.54) is 0 Å². The molecule has 0 fully saturated rings. The first kappa shape index (κ1) is 13.5. The summed E-state index contributed by atoms with van der Waals surface area (Å²) in [6.07, 6.45) is 5.15. The van der Waals surface area contributed by atoms with Crippen molar-refractivity contribution in [2.24, 2.45) is 0 Å². The molecular weight excluding hydrogens is 234 g/mol. The van der Waals surface area contributed by atoms with E-state index in [9.17, 15) is 4.79 Å². The second-order valence-electron chi connectivity index (χ2n) is 4.02. The third kappa shape index (κ3) is 4.87. The summed E-state index contributed by atoms with van der Waals surface area (Å²) in [5.41, 5.74) is 1.67. The Morgan fingerprint density at radius 3 is 2.35 bits per heavy atom. The van der Waals surface area contributed by atoms with Crippen LogP contribution in [0.1, 0.15) is 12.5 Å². The third-order valence-electron chi connectivity index (χ3n) is 2.14. The van der Waals surface area contributed by atoms with Gasteiger partial charge in [-0.15, -0.1) is 0 Å². The zero-order valence-corrected chi connectivity index (χ0v) is 11.0. The highest BCUT2D eigenvalue weighted by Crippen LogP contribution is 2.11. The molecule has 0 bridgehead atoms. The number of carbonyl (C=O) groups excluding carboxylic acids is 1.